The second-order valence-electron chi connectivity index (χ2n) is 6.82. The summed E-state index contributed by atoms with van der Waals surface area (Å²) in [5, 5.41) is 3.32. The Labute approximate surface area is 163 Å². The quantitative estimate of drug-likeness (QED) is 0.415. The van der Waals surface area contributed by atoms with E-state index in [9.17, 15) is 8.42 Å². The van der Waals surface area contributed by atoms with E-state index in [-0.39, 0.29) is 5.75 Å². The Morgan fingerprint density at radius 2 is 1.89 bits per heavy atom. The highest BCUT2D eigenvalue weighted by Crippen LogP contribution is 2.05. The zero-order valence-electron chi connectivity index (χ0n) is 16.5. The van der Waals surface area contributed by atoms with Gasteiger partial charge < -0.3 is 10.2 Å². The average Bonchev–Trinajstić information content (AvgIpc) is 2.65. The maximum atomic E-state index is 11.2. The van der Waals surface area contributed by atoms with Crippen LogP contribution in [0.3, 0.4) is 0 Å². The first-order chi connectivity index (χ1) is 13.0. The van der Waals surface area contributed by atoms with Crippen LogP contribution in [0.4, 0.5) is 0 Å². The standard InChI is InChI=1S/C20H32N4O2S/c1-3-21-20(22-12-8-18-27(2,25)26)24-16-14-23(15-17-24)13-7-11-19-9-5-4-6-10-19/h4-7,9-11H,3,8,12-18H2,1-2H3,(H,21,22)/b11-7+. The van der Waals surface area contributed by atoms with Crippen molar-refractivity contribution in [3.8, 4) is 0 Å². The molecule has 0 amide bonds. The molecule has 1 aliphatic rings. The molecular weight excluding hydrogens is 360 g/mol. The van der Waals surface area contributed by atoms with E-state index in [1.807, 2.05) is 6.07 Å². The highest BCUT2D eigenvalue weighted by molar-refractivity contribution is 7.90. The summed E-state index contributed by atoms with van der Waals surface area (Å²) in [7, 11) is -2.91. The topological polar surface area (TPSA) is 65.0 Å². The minimum Gasteiger partial charge on any atom is -0.357 e. The van der Waals surface area contributed by atoms with Gasteiger partial charge in [0, 0.05) is 52.1 Å². The maximum Gasteiger partial charge on any atom is 0.194 e. The molecule has 0 aromatic heterocycles. The van der Waals surface area contributed by atoms with Crippen molar-refractivity contribution in [2.24, 2.45) is 4.99 Å². The van der Waals surface area contributed by atoms with E-state index in [0.717, 1.165) is 45.2 Å². The molecule has 1 heterocycles. The van der Waals surface area contributed by atoms with Crippen molar-refractivity contribution >= 4 is 21.9 Å². The van der Waals surface area contributed by atoms with Gasteiger partial charge >= 0.3 is 0 Å². The third kappa shape index (κ3) is 8.58. The van der Waals surface area contributed by atoms with Crippen molar-refractivity contribution < 1.29 is 8.42 Å². The van der Waals surface area contributed by atoms with Crippen LogP contribution in [0.5, 0.6) is 0 Å². The van der Waals surface area contributed by atoms with Crippen LogP contribution in [0, 0.1) is 0 Å². The van der Waals surface area contributed by atoms with E-state index in [2.05, 4.69) is 63.5 Å². The lowest BCUT2D eigenvalue weighted by molar-refractivity contribution is 0.194. The number of nitrogens with zero attached hydrogens (tertiary/aromatic N) is 3. The maximum absolute atomic E-state index is 11.2. The van der Waals surface area contributed by atoms with Crippen LogP contribution in [-0.4, -0.2) is 82.0 Å². The van der Waals surface area contributed by atoms with Crippen molar-refractivity contribution in [1.29, 1.82) is 0 Å². The molecule has 0 atom stereocenters. The van der Waals surface area contributed by atoms with Crippen LogP contribution in [0.1, 0.15) is 18.9 Å². The summed E-state index contributed by atoms with van der Waals surface area (Å²) in [6, 6.07) is 10.3. The Bertz CT molecular complexity index is 709. The fourth-order valence-electron chi connectivity index (χ4n) is 2.98. The second kappa shape index (κ2) is 11.1. The molecule has 1 aromatic rings. The highest BCUT2D eigenvalue weighted by atomic mass is 32.2. The van der Waals surface area contributed by atoms with Gasteiger partial charge in [0.25, 0.3) is 0 Å². The third-order valence-corrected chi connectivity index (χ3v) is 5.45. The number of hydrogen-bond acceptors (Lipinski definition) is 4. The average molecular weight is 393 g/mol. The molecule has 1 N–H and O–H groups in total. The Hall–Kier alpha value is -1.86. The molecule has 0 spiro atoms. The Kier molecular flexibility index (Phi) is 8.81. The first kappa shape index (κ1) is 21.4. The third-order valence-electron chi connectivity index (χ3n) is 4.42. The van der Waals surface area contributed by atoms with Gasteiger partial charge in [0.2, 0.25) is 0 Å². The van der Waals surface area contributed by atoms with Crippen LogP contribution in [0.15, 0.2) is 41.4 Å². The fourth-order valence-corrected chi connectivity index (χ4v) is 3.64. The van der Waals surface area contributed by atoms with Crippen molar-refractivity contribution in [2.45, 2.75) is 13.3 Å². The smallest absolute Gasteiger partial charge is 0.194 e. The molecule has 27 heavy (non-hydrogen) atoms. The molecule has 0 aliphatic carbocycles. The zero-order valence-corrected chi connectivity index (χ0v) is 17.3. The molecular formula is C20H32N4O2S. The number of piperazine rings is 1. The number of benzene rings is 1. The number of guanidine groups is 1. The molecule has 1 aliphatic heterocycles. The van der Waals surface area contributed by atoms with E-state index >= 15 is 0 Å². The summed E-state index contributed by atoms with van der Waals surface area (Å²) in [6.07, 6.45) is 6.22. The summed E-state index contributed by atoms with van der Waals surface area (Å²) in [4.78, 5) is 9.30. The van der Waals surface area contributed by atoms with Crippen LogP contribution >= 0.6 is 0 Å². The van der Waals surface area contributed by atoms with Crippen molar-refractivity contribution in [2.75, 3.05) is 57.8 Å². The van der Waals surface area contributed by atoms with E-state index in [1.165, 1.54) is 11.8 Å². The Morgan fingerprint density at radius 1 is 1.19 bits per heavy atom. The molecule has 150 valence electrons. The number of rotatable bonds is 8. The van der Waals surface area contributed by atoms with Crippen LogP contribution in [0.25, 0.3) is 6.08 Å². The SMILES string of the molecule is CCNC(=NCCCS(C)(=O)=O)N1CCN(C/C=C/c2ccccc2)CC1. The first-order valence-corrected chi connectivity index (χ1v) is 11.7. The van der Waals surface area contributed by atoms with Gasteiger partial charge in [0.15, 0.2) is 5.96 Å². The van der Waals surface area contributed by atoms with Gasteiger partial charge in [0.05, 0.1) is 5.75 Å². The number of nitrogens with one attached hydrogen (secondary N) is 1. The van der Waals surface area contributed by atoms with Gasteiger partial charge in [-0.1, -0.05) is 42.5 Å². The van der Waals surface area contributed by atoms with Gasteiger partial charge in [-0.3, -0.25) is 9.89 Å². The van der Waals surface area contributed by atoms with Crippen LogP contribution in [-0.2, 0) is 9.84 Å². The minimum absolute atomic E-state index is 0.192. The number of aliphatic imine (C=N–C) groups is 1. The first-order valence-electron chi connectivity index (χ1n) is 9.63. The second-order valence-corrected chi connectivity index (χ2v) is 9.08. The molecule has 0 unspecified atom stereocenters. The van der Waals surface area contributed by atoms with Gasteiger partial charge in [-0.05, 0) is 18.9 Å². The van der Waals surface area contributed by atoms with Crippen LogP contribution in [0.2, 0.25) is 0 Å². The van der Waals surface area contributed by atoms with E-state index < -0.39 is 9.84 Å². The highest BCUT2D eigenvalue weighted by Gasteiger charge is 2.18. The molecule has 1 fully saturated rings. The van der Waals surface area contributed by atoms with Crippen LogP contribution < -0.4 is 5.32 Å². The summed E-state index contributed by atoms with van der Waals surface area (Å²) >= 11 is 0. The molecule has 0 radical (unpaired) electrons. The number of hydrogen-bond donors (Lipinski definition) is 1. The van der Waals surface area contributed by atoms with Gasteiger partial charge in [-0.2, -0.15) is 0 Å². The summed E-state index contributed by atoms with van der Waals surface area (Å²) in [5.74, 6) is 1.09. The van der Waals surface area contributed by atoms with Crippen molar-refractivity contribution in [1.82, 2.24) is 15.1 Å². The fraction of sp³-hybridized carbons (Fsp3) is 0.550. The van der Waals surface area contributed by atoms with E-state index in [4.69, 9.17) is 0 Å². The van der Waals surface area contributed by atoms with Crippen molar-refractivity contribution in [3.05, 3.63) is 42.0 Å². The predicted octanol–water partition coefficient (Wildman–Crippen LogP) is 1.72. The molecule has 2 rings (SSSR count). The molecule has 0 saturated carbocycles. The summed E-state index contributed by atoms with van der Waals surface area (Å²) < 4.78 is 22.5. The number of sulfone groups is 1. The molecule has 1 saturated heterocycles. The minimum atomic E-state index is -2.91. The van der Waals surface area contributed by atoms with Gasteiger partial charge in [-0.15, -0.1) is 0 Å². The lowest BCUT2D eigenvalue weighted by Gasteiger charge is -2.36. The molecule has 6 nitrogen and oxygen atoms in total. The lowest BCUT2D eigenvalue weighted by Crippen LogP contribution is -2.52. The monoisotopic (exact) mass is 392 g/mol. The molecule has 0 bridgehead atoms. The van der Waals surface area contributed by atoms with Gasteiger partial charge in [0.1, 0.15) is 9.84 Å². The Morgan fingerprint density at radius 3 is 2.52 bits per heavy atom. The summed E-state index contributed by atoms with van der Waals surface area (Å²) in [5.41, 5.74) is 1.23. The van der Waals surface area contributed by atoms with Gasteiger partial charge in [-0.25, -0.2) is 8.42 Å². The normalized spacial score (nSPS) is 16.8. The molecule has 1 aromatic carbocycles. The molecule has 7 heteroatoms. The predicted molar refractivity (Wildman–Crippen MR) is 114 cm³/mol. The van der Waals surface area contributed by atoms with E-state index in [0.29, 0.717) is 13.0 Å². The lowest BCUT2D eigenvalue weighted by atomic mass is 10.2. The Balaban J connectivity index is 1.78. The largest absolute Gasteiger partial charge is 0.357 e. The van der Waals surface area contributed by atoms with Crippen molar-refractivity contribution in [3.63, 3.8) is 0 Å². The van der Waals surface area contributed by atoms with E-state index in [1.54, 1.807) is 0 Å². The zero-order chi connectivity index (χ0) is 19.5. The summed E-state index contributed by atoms with van der Waals surface area (Å²) in [6.45, 7) is 8.19.